The highest BCUT2D eigenvalue weighted by atomic mass is 35.5. The standard InChI is InChI=1S/C28H37ClF2N4O5/c1-18(2)22-6-11-32-35(22)28(24(36)33-21-5-4-20(29)16-23(21)40-26(30)31)9-12-34(13-10-28)17-27(3,25(37)38)19-7-14-39-15-8-19/h4-6,11,16,18-19,26H,7-10,12-15,17H2,1-3H3,(H,33,36)(H,37,38)/t27-/m1/s1. The molecule has 40 heavy (non-hydrogen) atoms. The van der Waals surface area contributed by atoms with E-state index in [0.29, 0.717) is 58.5 Å². The summed E-state index contributed by atoms with van der Waals surface area (Å²) in [7, 11) is 0. The van der Waals surface area contributed by atoms with E-state index in [-0.39, 0.29) is 28.3 Å². The Balaban J connectivity index is 1.61. The van der Waals surface area contributed by atoms with Gasteiger partial charge in [-0.2, -0.15) is 13.9 Å². The van der Waals surface area contributed by atoms with Crippen LogP contribution in [0.1, 0.15) is 58.1 Å². The van der Waals surface area contributed by atoms with Crippen LogP contribution in [0.25, 0.3) is 0 Å². The van der Waals surface area contributed by atoms with Crippen molar-refractivity contribution in [2.24, 2.45) is 11.3 Å². The van der Waals surface area contributed by atoms with Crippen LogP contribution in [0.2, 0.25) is 5.02 Å². The smallest absolute Gasteiger partial charge is 0.387 e. The third-order valence-corrected chi connectivity index (χ3v) is 8.58. The van der Waals surface area contributed by atoms with E-state index in [1.807, 2.05) is 19.9 Å². The van der Waals surface area contributed by atoms with E-state index >= 15 is 0 Å². The van der Waals surface area contributed by atoms with Crippen molar-refractivity contribution in [3.63, 3.8) is 0 Å². The van der Waals surface area contributed by atoms with Gasteiger partial charge in [0.05, 0.1) is 11.1 Å². The van der Waals surface area contributed by atoms with Crippen molar-refractivity contribution >= 4 is 29.2 Å². The minimum absolute atomic E-state index is 0.00875. The number of amides is 1. The fraction of sp³-hybridized carbons (Fsp3) is 0.607. The highest BCUT2D eigenvalue weighted by Crippen LogP contribution is 2.40. The predicted octanol–water partition coefficient (Wildman–Crippen LogP) is 5.21. The number of aromatic nitrogens is 2. The number of benzene rings is 1. The van der Waals surface area contributed by atoms with Crippen LogP contribution in [0, 0.1) is 11.3 Å². The van der Waals surface area contributed by atoms with E-state index in [1.54, 1.807) is 17.8 Å². The molecule has 1 aromatic heterocycles. The van der Waals surface area contributed by atoms with E-state index in [2.05, 4.69) is 20.1 Å². The Morgan fingerprint density at radius 2 is 1.93 bits per heavy atom. The van der Waals surface area contributed by atoms with Gasteiger partial charge >= 0.3 is 12.6 Å². The molecule has 0 bridgehead atoms. The number of carbonyl (C=O) groups excluding carboxylic acids is 1. The number of halogens is 3. The number of nitrogens with one attached hydrogen (secondary N) is 1. The molecule has 0 aliphatic carbocycles. The Morgan fingerprint density at radius 3 is 2.52 bits per heavy atom. The molecular weight excluding hydrogens is 546 g/mol. The van der Waals surface area contributed by atoms with Gasteiger partial charge in [-0.1, -0.05) is 25.4 Å². The van der Waals surface area contributed by atoms with Crippen LogP contribution in [0.5, 0.6) is 5.75 Å². The highest BCUT2D eigenvalue weighted by molar-refractivity contribution is 6.30. The quantitative estimate of drug-likeness (QED) is 0.396. The van der Waals surface area contributed by atoms with Gasteiger partial charge in [0.15, 0.2) is 5.75 Å². The van der Waals surface area contributed by atoms with Crippen LogP contribution in [-0.4, -0.2) is 71.1 Å². The number of ether oxygens (including phenoxy) is 2. The molecule has 2 fully saturated rings. The number of anilines is 1. The second-order valence-electron chi connectivity index (χ2n) is 11.2. The first kappa shape index (κ1) is 30.2. The van der Waals surface area contributed by atoms with Crippen molar-refractivity contribution in [3.8, 4) is 5.75 Å². The molecule has 9 nitrogen and oxygen atoms in total. The lowest BCUT2D eigenvalue weighted by Crippen LogP contribution is -2.56. The van der Waals surface area contributed by atoms with Crippen molar-refractivity contribution in [2.75, 3.05) is 38.2 Å². The Labute approximate surface area is 237 Å². The van der Waals surface area contributed by atoms with Crippen LogP contribution < -0.4 is 10.1 Å². The largest absolute Gasteiger partial charge is 0.481 e. The Kier molecular flexibility index (Phi) is 9.36. The minimum atomic E-state index is -3.09. The van der Waals surface area contributed by atoms with Gasteiger partial charge in [-0.15, -0.1) is 0 Å². The molecule has 2 aromatic rings. The molecule has 4 rings (SSSR count). The number of piperidine rings is 1. The number of carboxylic acid groups (broad SMARTS) is 1. The normalized spacial score (nSPS) is 19.9. The molecule has 220 valence electrons. The van der Waals surface area contributed by atoms with Crippen LogP contribution in [-0.2, 0) is 19.9 Å². The summed E-state index contributed by atoms with van der Waals surface area (Å²) in [6.45, 7) is 5.09. The monoisotopic (exact) mass is 582 g/mol. The van der Waals surface area contributed by atoms with Crippen LogP contribution >= 0.6 is 11.6 Å². The molecule has 2 aliphatic heterocycles. The van der Waals surface area contributed by atoms with E-state index in [4.69, 9.17) is 16.3 Å². The first-order valence-corrected chi connectivity index (χ1v) is 14.0. The molecule has 0 radical (unpaired) electrons. The van der Waals surface area contributed by atoms with Crippen molar-refractivity contribution in [2.45, 2.75) is 64.5 Å². The number of hydrogen-bond donors (Lipinski definition) is 2. The van der Waals surface area contributed by atoms with E-state index < -0.39 is 29.4 Å². The fourth-order valence-corrected chi connectivity index (χ4v) is 6.09. The zero-order valence-electron chi connectivity index (χ0n) is 23.0. The zero-order chi connectivity index (χ0) is 29.1. The van der Waals surface area contributed by atoms with E-state index in [1.165, 1.54) is 18.2 Å². The summed E-state index contributed by atoms with van der Waals surface area (Å²) < 4.78 is 38.0. The van der Waals surface area contributed by atoms with Gasteiger partial charge in [0.25, 0.3) is 5.91 Å². The summed E-state index contributed by atoms with van der Waals surface area (Å²) in [5.41, 5.74) is -1.14. The third kappa shape index (κ3) is 6.26. The van der Waals surface area contributed by atoms with Crippen molar-refractivity contribution in [1.82, 2.24) is 14.7 Å². The van der Waals surface area contributed by atoms with E-state index in [0.717, 1.165) is 5.69 Å². The maximum absolute atomic E-state index is 14.1. The number of nitrogens with zero attached hydrogens (tertiary/aromatic N) is 3. The summed E-state index contributed by atoms with van der Waals surface area (Å²) in [6, 6.07) is 6.02. The molecule has 2 aliphatic rings. The summed E-state index contributed by atoms with van der Waals surface area (Å²) in [5.74, 6) is -1.42. The van der Waals surface area contributed by atoms with Crippen molar-refractivity contribution in [3.05, 3.63) is 41.2 Å². The van der Waals surface area contributed by atoms with Gasteiger partial charge in [-0.05, 0) is 62.6 Å². The van der Waals surface area contributed by atoms with Gasteiger partial charge in [-0.25, -0.2) is 0 Å². The number of carboxylic acids is 1. The molecule has 2 N–H and O–H groups in total. The van der Waals surface area contributed by atoms with Crippen LogP contribution in [0.4, 0.5) is 14.5 Å². The predicted molar refractivity (Wildman–Crippen MR) is 146 cm³/mol. The average Bonchev–Trinajstić information content (AvgIpc) is 3.42. The van der Waals surface area contributed by atoms with Crippen molar-refractivity contribution in [1.29, 1.82) is 0 Å². The Morgan fingerprint density at radius 1 is 1.25 bits per heavy atom. The molecule has 1 aromatic carbocycles. The van der Waals surface area contributed by atoms with Gasteiger partial charge < -0.3 is 24.8 Å². The molecule has 0 unspecified atom stereocenters. The Hall–Kier alpha value is -2.76. The lowest BCUT2D eigenvalue weighted by molar-refractivity contribution is -0.156. The molecule has 1 atom stereocenters. The summed E-state index contributed by atoms with van der Waals surface area (Å²) >= 11 is 5.99. The van der Waals surface area contributed by atoms with Gasteiger partial charge in [0, 0.05) is 55.8 Å². The third-order valence-electron chi connectivity index (χ3n) is 8.35. The van der Waals surface area contributed by atoms with Gasteiger partial charge in [0.1, 0.15) is 5.54 Å². The molecular formula is C28H37ClF2N4O5. The lowest BCUT2D eigenvalue weighted by atomic mass is 9.72. The van der Waals surface area contributed by atoms with Crippen LogP contribution in [0.15, 0.2) is 30.5 Å². The fourth-order valence-electron chi connectivity index (χ4n) is 5.93. The number of alkyl halides is 2. The van der Waals surface area contributed by atoms with E-state index in [9.17, 15) is 23.5 Å². The maximum atomic E-state index is 14.1. The minimum Gasteiger partial charge on any atom is -0.481 e. The molecule has 0 saturated carbocycles. The van der Waals surface area contributed by atoms with Crippen LogP contribution in [0.3, 0.4) is 0 Å². The molecule has 12 heteroatoms. The molecule has 1 amide bonds. The highest BCUT2D eigenvalue weighted by Gasteiger charge is 2.48. The Bertz CT molecular complexity index is 1200. The summed E-state index contributed by atoms with van der Waals surface area (Å²) in [6.07, 6.45) is 3.73. The number of likely N-dealkylation sites (tertiary alicyclic amines) is 1. The zero-order valence-corrected chi connectivity index (χ0v) is 23.8. The lowest BCUT2D eigenvalue weighted by Gasteiger charge is -2.45. The molecule has 3 heterocycles. The first-order valence-electron chi connectivity index (χ1n) is 13.6. The number of aliphatic carboxylic acids is 1. The SMILES string of the molecule is CC(C)c1ccnn1C1(C(=O)Nc2ccc(Cl)cc2OC(F)F)CCN(C[C@@](C)(C(=O)O)C2CCOCC2)CC1. The molecule has 0 spiro atoms. The molecule has 2 saturated heterocycles. The maximum Gasteiger partial charge on any atom is 0.387 e. The number of carbonyl (C=O) groups is 2. The second kappa shape index (κ2) is 12.4. The summed E-state index contributed by atoms with van der Waals surface area (Å²) in [4.78, 5) is 28.6. The number of hydrogen-bond acceptors (Lipinski definition) is 6. The first-order chi connectivity index (χ1) is 19.0. The van der Waals surface area contributed by atoms with Gasteiger partial charge in [-0.3, -0.25) is 14.3 Å². The number of rotatable bonds is 10. The van der Waals surface area contributed by atoms with Crippen molar-refractivity contribution < 1.29 is 33.0 Å². The average molecular weight is 583 g/mol. The topological polar surface area (TPSA) is 106 Å². The van der Waals surface area contributed by atoms with Gasteiger partial charge in [0.2, 0.25) is 0 Å². The second-order valence-corrected chi connectivity index (χ2v) is 11.6. The summed E-state index contributed by atoms with van der Waals surface area (Å²) in [5, 5.41) is 17.7.